The quantitative estimate of drug-likeness (QED) is 0.695. The van der Waals surface area contributed by atoms with Crippen molar-refractivity contribution in [1.29, 1.82) is 0 Å². The van der Waals surface area contributed by atoms with E-state index < -0.39 is 0 Å². The van der Waals surface area contributed by atoms with Gasteiger partial charge in [0.1, 0.15) is 0 Å². The van der Waals surface area contributed by atoms with Crippen LogP contribution in [0.3, 0.4) is 0 Å². The van der Waals surface area contributed by atoms with Gasteiger partial charge in [-0.1, -0.05) is 13.8 Å². The van der Waals surface area contributed by atoms with Gasteiger partial charge < -0.3 is 15.1 Å². The summed E-state index contributed by atoms with van der Waals surface area (Å²) in [5, 5.41) is 5.94. The monoisotopic (exact) mass is 354 g/mol. The maximum Gasteiger partial charge on any atom is 0.228 e. The molecule has 0 radical (unpaired) electrons. The van der Waals surface area contributed by atoms with Crippen LogP contribution < -0.4 is 10.6 Å². The van der Waals surface area contributed by atoms with Crippen LogP contribution in [0, 0.1) is 5.92 Å². The first-order chi connectivity index (χ1) is 12.0. The average Bonchev–Trinajstić information content (AvgIpc) is 2.98. The standard InChI is InChI=1S/C18H18N4O2S/c1-11(2)10-15(23)21-18(25)20-13-7-5-12(6-8-13)17-22-16-14(24-17)4-3-9-19-16/h3-9,11H,10H2,1-2H3,(H2,20,21,23,25). The van der Waals surface area contributed by atoms with Crippen molar-refractivity contribution in [1.82, 2.24) is 15.3 Å². The molecular weight excluding hydrogens is 336 g/mol. The Bertz CT molecular complexity index is 870. The molecule has 0 fully saturated rings. The van der Waals surface area contributed by atoms with Crippen molar-refractivity contribution in [3.05, 3.63) is 42.6 Å². The van der Waals surface area contributed by atoms with Crippen LogP contribution in [0.5, 0.6) is 0 Å². The van der Waals surface area contributed by atoms with E-state index in [9.17, 15) is 4.79 Å². The van der Waals surface area contributed by atoms with E-state index in [1.54, 1.807) is 12.3 Å². The van der Waals surface area contributed by atoms with Crippen LogP contribution in [0.2, 0.25) is 0 Å². The van der Waals surface area contributed by atoms with Gasteiger partial charge in [-0.25, -0.2) is 4.98 Å². The summed E-state index contributed by atoms with van der Waals surface area (Å²) in [7, 11) is 0. The van der Waals surface area contributed by atoms with Crippen LogP contribution >= 0.6 is 12.2 Å². The molecule has 1 aromatic carbocycles. The van der Waals surface area contributed by atoms with E-state index in [1.165, 1.54) is 0 Å². The van der Waals surface area contributed by atoms with Gasteiger partial charge in [-0.15, -0.1) is 0 Å². The fourth-order valence-electron chi connectivity index (χ4n) is 2.30. The van der Waals surface area contributed by atoms with Gasteiger partial charge in [0.15, 0.2) is 16.3 Å². The maximum absolute atomic E-state index is 11.7. The summed E-state index contributed by atoms with van der Waals surface area (Å²) >= 11 is 5.15. The van der Waals surface area contributed by atoms with Crippen LogP contribution in [0.4, 0.5) is 5.69 Å². The third-order valence-corrected chi connectivity index (χ3v) is 3.61. The van der Waals surface area contributed by atoms with Crippen molar-refractivity contribution in [3.63, 3.8) is 0 Å². The number of fused-ring (bicyclic) bond motifs is 1. The lowest BCUT2D eigenvalue weighted by Gasteiger charge is -2.10. The van der Waals surface area contributed by atoms with Crippen LogP contribution in [-0.4, -0.2) is 21.0 Å². The van der Waals surface area contributed by atoms with Crippen molar-refractivity contribution in [2.75, 3.05) is 5.32 Å². The number of nitrogens with one attached hydrogen (secondary N) is 2. The second-order valence-electron chi connectivity index (χ2n) is 6.02. The predicted molar refractivity (Wildman–Crippen MR) is 101 cm³/mol. The van der Waals surface area contributed by atoms with Crippen LogP contribution in [0.1, 0.15) is 20.3 Å². The molecule has 0 aliphatic carbocycles. The Morgan fingerprint density at radius 1 is 1.24 bits per heavy atom. The zero-order valence-corrected chi connectivity index (χ0v) is 14.8. The first-order valence-corrected chi connectivity index (χ1v) is 8.35. The molecule has 0 unspecified atom stereocenters. The van der Waals surface area contributed by atoms with Gasteiger partial charge in [0.05, 0.1) is 0 Å². The molecule has 1 amide bonds. The highest BCUT2D eigenvalue weighted by Crippen LogP contribution is 2.24. The summed E-state index contributed by atoms with van der Waals surface area (Å²) in [6, 6.07) is 11.1. The second kappa shape index (κ2) is 7.40. The number of nitrogens with zero attached hydrogens (tertiary/aromatic N) is 2. The Kier molecular flexibility index (Phi) is 5.04. The molecule has 0 atom stereocenters. The zero-order chi connectivity index (χ0) is 17.8. The number of hydrogen-bond donors (Lipinski definition) is 2. The molecule has 0 saturated heterocycles. The van der Waals surface area contributed by atoms with E-state index in [0.29, 0.717) is 23.5 Å². The SMILES string of the molecule is CC(C)CC(=O)NC(=S)Nc1ccc(-c2nc3ncccc3o2)cc1. The van der Waals surface area contributed by atoms with Gasteiger partial charge in [-0.3, -0.25) is 4.79 Å². The zero-order valence-electron chi connectivity index (χ0n) is 13.9. The molecular formula is C18H18N4O2S. The number of amides is 1. The van der Waals surface area contributed by atoms with Crippen molar-refractivity contribution in [2.24, 2.45) is 5.92 Å². The van der Waals surface area contributed by atoms with Gasteiger partial charge >= 0.3 is 0 Å². The summed E-state index contributed by atoms with van der Waals surface area (Å²) in [5.41, 5.74) is 2.83. The second-order valence-corrected chi connectivity index (χ2v) is 6.43. The maximum atomic E-state index is 11.7. The number of aromatic nitrogens is 2. The molecule has 6 nitrogen and oxygen atoms in total. The topological polar surface area (TPSA) is 80.0 Å². The molecule has 2 N–H and O–H groups in total. The van der Waals surface area contributed by atoms with E-state index in [1.807, 2.05) is 44.2 Å². The fourth-order valence-corrected chi connectivity index (χ4v) is 2.53. The number of benzene rings is 1. The molecule has 2 heterocycles. The van der Waals surface area contributed by atoms with E-state index in [2.05, 4.69) is 20.6 Å². The summed E-state index contributed by atoms with van der Waals surface area (Å²) in [6.07, 6.45) is 2.11. The van der Waals surface area contributed by atoms with Crippen molar-refractivity contribution in [3.8, 4) is 11.5 Å². The number of oxazole rings is 1. The minimum absolute atomic E-state index is 0.0944. The van der Waals surface area contributed by atoms with Gasteiger partial charge in [-0.2, -0.15) is 4.98 Å². The normalized spacial score (nSPS) is 10.8. The molecule has 2 aromatic heterocycles. The number of thiocarbonyl (C=S) groups is 1. The third-order valence-electron chi connectivity index (χ3n) is 3.40. The predicted octanol–water partition coefficient (Wildman–Crippen LogP) is 3.75. The molecule has 25 heavy (non-hydrogen) atoms. The third kappa shape index (κ3) is 4.39. The highest BCUT2D eigenvalue weighted by molar-refractivity contribution is 7.80. The van der Waals surface area contributed by atoms with Gasteiger partial charge in [-0.05, 0) is 54.5 Å². The van der Waals surface area contributed by atoms with Crippen molar-refractivity contribution >= 4 is 40.2 Å². The fraction of sp³-hybridized carbons (Fsp3) is 0.222. The number of anilines is 1. The van der Waals surface area contributed by atoms with Gasteiger partial charge in [0.2, 0.25) is 11.8 Å². The number of hydrogen-bond acceptors (Lipinski definition) is 5. The lowest BCUT2D eigenvalue weighted by atomic mass is 10.1. The Labute approximate surface area is 150 Å². The molecule has 0 aliphatic heterocycles. The largest absolute Gasteiger partial charge is 0.434 e. The highest BCUT2D eigenvalue weighted by Gasteiger charge is 2.10. The average molecular weight is 354 g/mol. The van der Waals surface area contributed by atoms with E-state index in [-0.39, 0.29) is 16.9 Å². The Hall–Kier alpha value is -2.80. The van der Waals surface area contributed by atoms with Crippen LogP contribution in [0.25, 0.3) is 22.7 Å². The smallest absolute Gasteiger partial charge is 0.228 e. The molecule has 3 aromatic rings. The summed E-state index contributed by atoms with van der Waals surface area (Å²) < 4.78 is 5.69. The Balaban J connectivity index is 1.66. The first kappa shape index (κ1) is 17.0. The van der Waals surface area contributed by atoms with Gasteiger partial charge in [0, 0.05) is 23.9 Å². The van der Waals surface area contributed by atoms with Crippen LogP contribution in [0.15, 0.2) is 47.0 Å². The van der Waals surface area contributed by atoms with Crippen molar-refractivity contribution in [2.45, 2.75) is 20.3 Å². The van der Waals surface area contributed by atoms with Gasteiger partial charge in [0.25, 0.3) is 0 Å². The number of pyridine rings is 1. The molecule has 0 spiro atoms. The highest BCUT2D eigenvalue weighted by atomic mass is 32.1. The minimum Gasteiger partial charge on any atom is -0.434 e. The number of carbonyl (C=O) groups excluding carboxylic acids is 1. The van der Waals surface area contributed by atoms with Crippen molar-refractivity contribution < 1.29 is 9.21 Å². The molecule has 3 rings (SSSR count). The molecule has 128 valence electrons. The molecule has 7 heteroatoms. The van der Waals surface area contributed by atoms with E-state index >= 15 is 0 Å². The first-order valence-electron chi connectivity index (χ1n) is 7.94. The van der Waals surface area contributed by atoms with E-state index in [4.69, 9.17) is 16.6 Å². The van der Waals surface area contributed by atoms with E-state index in [0.717, 1.165) is 11.3 Å². The van der Waals surface area contributed by atoms with Crippen LogP contribution in [-0.2, 0) is 4.79 Å². The number of rotatable bonds is 4. The molecule has 0 bridgehead atoms. The molecule has 0 saturated carbocycles. The Morgan fingerprint density at radius 2 is 2.00 bits per heavy atom. The number of carbonyl (C=O) groups is 1. The summed E-state index contributed by atoms with van der Waals surface area (Å²) in [6.45, 7) is 3.97. The summed E-state index contributed by atoms with van der Waals surface area (Å²) in [5.74, 6) is 0.698. The summed E-state index contributed by atoms with van der Waals surface area (Å²) in [4.78, 5) is 20.2. The minimum atomic E-state index is -0.0944. The molecule has 0 aliphatic rings. The Morgan fingerprint density at radius 3 is 2.68 bits per heavy atom. The lowest BCUT2D eigenvalue weighted by molar-refractivity contribution is -0.120. The lowest BCUT2D eigenvalue weighted by Crippen LogP contribution is -2.34.